The fourth-order valence-electron chi connectivity index (χ4n) is 0.981. The van der Waals surface area contributed by atoms with Crippen LogP contribution < -0.4 is 0 Å². The number of alkyl halides is 1. The van der Waals surface area contributed by atoms with E-state index in [0.29, 0.717) is 0 Å². The van der Waals surface area contributed by atoms with E-state index in [0.717, 1.165) is 12.3 Å². The third kappa shape index (κ3) is 5.23. The SMILES string of the molecule is CCC(C)CCC(C)C(C)F. The van der Waals surface area contributed by atoms with Crippen molar-refractivity contribution in [3.05, 3.63) is 0 Å². The molecule has 0 bridgehead atoms. The molecule has 0 spiro atoms. The largest absolute Gasteiger partial charge is 0.248 e. The normalized spacial score (nSPS) is 19.4. The minimum atomic E-state index is -0.640. The van der Waals surface area contributed by atoms with Gasteiger partial charge in [-0.3, -0.25) is 0 Å². The molecule has 0 N–H and O–H groups in total. The van der Waals surface area contributed by atoms with Crippen LogP contribution >= 0.6 is 0 Å². The molecule has 0 saturated heterocycles. The van der Waals surface area contributed by atoms with Crippen LogP contribution in [0.2, 0.25) is 0 Å². The van der Waals surface area contributed by atoms with E-state index >= 15 is 0 Å². The molecule has 0 amide bonds. The highest BCUT2D eigenvalue weighted by atomic mass is 19.1. The molecular formula is C10H21F. The maximum absolute atomic E-state index is 12.6. The third-order valence-electron chi connectivity index (χ3n) is 2.60. The molecule has 0 rings (SSSR count). The lowest BCUT2D eigenvalue weighted by atomic mass is 9.94. The van der Waals surface area contributed by atoms with Crippen molar-refractivity contribution in [2.24, 2.45) is 11.8 Å². The van der Waals surface area contributed by atoms with Gasteiger partial charge in [-0.1, -0.05) is 33.6 Å². The average molecular weight is 160 g/mol. The standard InChI is InChI=1S/C10H21F/c1-5-8(2)6-7-9(3)10(4)11/h8-10H,5-7H2,1-4H3. The Bertz CT molecular complexity index is 88.9. The summed E-state index contributed by atoms with van der Waals surface area (Å²) < 4.78 is 12.6. The maximum atomic E-state index is 12.6. The summed E-state index contributed by atoms with van der Waals surface area (Å²) in [6.45, 7) is 8.07. The lowest BCUT2D eigenvalue weighted by molar-refractivity contribution is 0.240. The van der Waals surface area contributed by atoms with Crippen LogP contribution in [0.5, 0.6) is 0 Å². The molecule has 0 aliphatic rings. The molecule has 11 heavy (non-hydrogen) atoms. The molecule has 0 aromatic heterocycles. The molecule has 3 atom stereocenters. The predicted molar refractivity (Wildman–Crippen MR) is 48.4 cm³/mol. The van der Waals surface area contributed by atoms with E-state index in [-0.39, 0.29) is 5.92 Å². The topological polar surface area (TPSA) is 0 Å². The molecule has 0 aliphatic heterocycles. The second-order valence-corrected chi connectivity index (χ2v) is 3.75. The summed E-state index contributed by atoms with van der Waals surface area (Å²) in [5.74, 6) is 1.00. The van der Waals surface area contributed by atoms with Crippen molar-refractivity contribution in [2.75, 3.05) is 0 Å². The quantitative estimate of drug-likeness (QED) is 0.573. The maximum Gasteiger partial charge on any atom is 0.0998 e. The zero-order valence-electron chi connectivity index (χ0n) is 8.23. The lowest BCUT2D eigenvalue weighted by Crippen LogP contribution is -2.09. The van der Waals surface area contributed by atoms with E-state index < -0.39 is 6.17 Å². The van der Waals surface area contributed by atoms with Crippen molar-refractivity contribution in [3.8, 4) is 0 Å². The molecular weight excluding hydrogens is 139 g/mol. The highest BCUT2D eigenvalue weighted by Crippen LogP contribution is 2.18. The Morgan fingerprint density at radius 1 is 1.09 bits per heavy atom. The third-order valence-corrected chi connectivity index (χ3v) is 2.60. The van der Waals surface area contributed by atoms with Crippen molar-refractivity contribution in [1.82, 2.24) is 0 Å². The molecule has 0 heterocycles. The Morgan fingerprint density at radius 3 is 2.00 bits per heavy atom. The summed E-state index contributed by atoms with van der Waals surface area (Å²) in [7, 11) is 0. The minimum Gasteiger partial charge on any atom is -0.248 e. The van der Waals surface area contributed by atoms with Gasteiger partial charge in [-0.25, -0.2) is 4.39 Å². The van der Waals surface area contributed by atoms with Crippen molar-refractivity contribution in [3.63, 3.8) is 0 Å². The van der Waals surface area contributed by atoms with Gasteiger partial charge in [0.05, 0.1) is 6.17 Å². The van der Waals surface area contributed by atoms with Crippen LogP contribution in [0.25, 0.3) is 0 Å². The molecule has 0 fully saturated rings. The number of halogens is 1. The minimum absolute atomic E-state index is 0.240. The molecule has 0 nitrogen and oxygen atoms in total. The van der Waals surface area contributed by atoms with E-state index in [1.165, 1.54) is 12.8 Å². The molecule has 0 saturated carbocycles. The first kappa shape index (κ1) is 10.9. The Balaban J connectivity index is 3.37. The van der Waals surface area contributed by atoms with E-state index in [1.54, 1.807) is 6.92 Å². The van der Waals surface area contributed by atoms with Crippen LogP contribution in [0, 0.1) is 11.8 Å². The fourth-order valence-corrected chi connectivity index (χ4v) is 0.981. The Labute approximate surface area is 70.2 Å². The second-order valence-electron chi connectivity index (χ2n) is 3.75. The monoisotopic (exact) mass is 160 g/mol. The van der Waals surface area contributed by atoms with Crippen LogP contribution in [0.3, 0.4) is 0 Å². The summed E-state index contributed by atoms with van der Waals surface area (Å²) >= 11 is 0. The molecule has 0 radical (unpaired) electrons. The molecule has 0 aromatic carbocycles. The van der Waals surface area contributed by atoms with Crippen LogP contribution in [-0.4, -0.2) is 6.17 Å². The van der Waals surface area contributed by atoms with Crippen molar-refractivity contribution in [1.29, 1.82) is 0 Å². The molecule has 1 heteroatoms. The van der Waals surface area contributed by atoms with E-state index in [9.17, 15) is 4.39 Å². The Hall–Kier alpha value is -0.0700. The Morgan fingerprint density at radius 2 is 1.64 bits per heavy atom. The van der Waals surface area contributed by atoms with Gasteiger partial charge in [0, 0.05) is 0 Å². The van der Waals surface area contributed by atoms with Crippen molar-refractivity contribution < 1.29 is 4.39 Å². The van der Waals surface area contributed by atoms with Gasteiger partial charge < -0.3 is 0 Å². The van der Waals surface area contributed by atoms with Crippen LogP contribution in [0.4, 0.5) is 4.39 Å². The first-order chi connectivity index (χ1) is 5.07. The van der Waals surface area contributed by atoms with Crippen LogP contribution in [0.1, 0.15) is 47.0 Å². The Kier molecular flexibility index (Phi) is 5.53. The summed E-state index contributed by atoms with van der Waals surface area (Å²) in [5.41, 5.74) is 0. The summed E-state index contributed by atoms with van der Waals surface area (Å²) in [5, 5.41) is 0. The molecule has 3 unspecified atom stereocenters. The number of hydrogen-bond donors (Lipinski definition) is 0. The van der Waals surface area contributed by atoms with Gasteiger partial charge >= 0.3 is 0 Å². The van der Waals surface area contributed by atoms with Gasteiger partial charge in [-0.2, -0.15) is 0 Å². The van der Waals surface area contributed by atoms with Gasteiger partial charge in [0.1, 0.15) is 0 Å². The summed E-state index contributed by atoms with van der Waals surface area (Å²) in [6.07, 6.45) is 2.78. The second kappa shape index (κ2) is 5.56. The van der Waals surface area contributed by atoms with Gasteiger partial charge in [0.25, 0.3) is 0 Å². The fraction of sp³-hybridized carbons (Fsp3) is 1.00. The summed E-state index contributed by atoms with van der Waals surface area (Å²) in [4.78, 5) is 0. The first-order valence-electron chi connectivity index (χ1n) is 4.72. The van der Waals surface area contributed by atoms with Gasteiger partial charge in [0.15, 0.2) is 0 Å². The van der Waals surface area contributed by atoms with Crippen LogP contribution in [-0.2, 0) is 0 Å². The molecule has 68 valence electrons. The van der Waals surface area contributed by atoms with Crippen LogP contribution in [0.15, 0.2) is 0 Å². The highest BCUT2D eigenvalue weighted by Gasteiger charge is 2.11. The van der Waals surface area contributed by atoms with E-state index in [2.05, 4.69) is 13.8 Å². The van der Waals surface area contributed by atoms with E-state index in [4.69, 9.17) is 0 Å². The number of rotatable bonds is 5. The smallest absolute Gasteiger partial charge is 0.0998 e. The zero-order chi connectivity index (χ0) is 8.85. The average Bonchev–Trinajstić information content (AvgIpc) is 1.99. The zero-order valence-corrected chi connectivity index (χ0v) is 8.23. The first-order valence-corrected chi connectivity index (χ1v) is 4.72. The lowest BCUT2D eigenvalue weighted by Gasteiger charge is -2.14. The van der Waals surface area contributed by atoms with Gasteiger partial charge in [0.2, 0.25) is 0 Å². The van der Waals surface area contributed by atoms with Crippen molar-refractivity contribution in [2.45, 2.75) is 53.1 Å². The van der Waals surface area contributed by atoms with Gasteiger partial charge in [-0.05, 0) is 25.2 Å². The van der Waals surface area contributed by atoms with Crippen molar-refractivity contribution >= 4 is 0 Å². The van der Waals surface area contributed by atoms with E-state index in [1.807, 2.05) is 6.92 Å². The summed E-state index contributed by atoms with van der Waals surface area (Å²) in [6, 6.07) is 0. The number of hydrogen-bond acceptors (Lipinski definition) is 0. The highest BCUT2D eigenvalue weighted by molar-refractivity contribution is 4.61. The molecule has 0 aromatic rings. The predicted octanol–water partition coefficient (Wildman–Crippen LogP) is 3.81. The van der Waals surface area contributed by atoms with Gasteiger partial charge in [-0.15, -0.1) is 0 Å². The molecule has 0 aliphatic carbocycles.